The van der Waals surface area contributed by atoms with Crippen LogP contribution in [-0.4, -0.2) is 27.5 Å². The first-order chi connectivity index (χ1) is 11.3. The summed E-state index contributed by atoms with van der Waals surface area (Å²) in [5.74, 6) is 0.586. The number of rotatable bonds is 6. The average Bonchev–Trinajstić information content (AvgIpc) is 2.62. The molecule has 0 amide bonds. The van der Waals surface area contributed by atoms with Gasteiger partial charge in [-0.15, -0.1) is 0 Å². The maximum absolute atomic E-state index is 6.18. The highest BCUT2D eigenvalue weighted by Crippen LogP contribution is 2.16. The molecule has 3 aromatic rings. The SMILES string of the molecule is N[C@@H](CNc1nccc(-c2ccncc2)n1)Cc1ccccc1. The Morgan fingerprint density at radius 3 is 2.52 bits per heavy atom. The lowest BCUT2D eigenvalue weighted by atomic mass is 10.1. The summed E-state index contributed by atoms with van der Waals surface area (Å²) in [4.78, 5) is 12.8. The molecule has 0 unspecified atom stereocenters. The molecule has 2 aromatic heterocycles. The molecule has 5 heteroatoms. The van der Waals surface area contributed by atoms with Crippen molar-refractivity contribution in [3.8, 4) is 11.3 Å². The smallest absolute Gasteiger partial charge is 0.223 e. The summed E-state index contributed by atoms with van der Waals surface area (Å²) in [5.41, 5.74) is 9.28. The highest BCUT2D eigenvalue weighted by atomic mass is 15.1. The Morgan fingerprint density at radius 2 is 1.74 bits per heavy atom. The molecule has 2 heterocycles. The normalized spacial score (nSPS) is 11.9. The van der Waals surface area contributed by atoms with Crippen molar-refractivity contribution in [3.05, 3.63) is 72.7 Å². The number of anilines is 1. The summed E-state index contributed by atoms with van der Waals surface area (Å²) in [6.07, 6.45) is 6.06. The molecule has 1 aromatic carbocycles. The topological polar surface area (TPSA) is 76.7 Å². The van der Waals surface area contributed by atoms with Gasteiger partial charge < -0.3 is 11.1 Å². The molecule has 0 spiro atoms. The van der Waals surface area contributed by atoms with Crippen LogP contribution in [0.1, 0.15) is 5.56 Å². The van der Waals surface area contributed by atoms with Gasteiger partial charge in [-0.25, -0.2) is 9.97 Å². The van der Waals surface area contributed by atoms with Crippen molar-refractivity contribution in [1.82, 2.24) is 15.0 Å². The van der Waals surface area contributed by atoms with E-state index in [-0.39, 0.29) is 6.04 Å². The van der Waals surface area contributed by atoms with Gasteiger partial charge in [-0.05, 0) is 30.2 Å². The summed E-state index contributed by atoms with van der Waals surface area (Å²) in [6.45, 7) is 0.620. The molecule has 0 aliphatic heterocycles. The molecule has 0 aliphatic carbocycles. The van der Waals surface area contributed by atoms with Gasteiger partial charge in [0.1, 0.15) is 0 Å². The average molecular weight is 305 g/mol. The Kier molecular flexibility index (Phi) is 4.91. The van der Waals surface area contributed by atoms with Crippen molar-refractivity contribution in [1.29, 1.82) is 0 Å². The van der Waals surface area contributed by atoms with E-state index in [1.165, 1.54) is 5.56 Å². The van der Waals surface area contributed by atoms with E-state index < -0.39 is 0 Å². The monoisotopic (exact) mass is 305 g/mol. The number of aromatic nitrogens is 3. The van der Waals surface area contributed by atoms with Gasteiger partial charge in [0, 0.05) is 36.7 Å². The predicted molar refractivity (Wildman–Crippen MR) is 91.9 cm³/mol. The molecule has 0 bridgehead atoms. The molecule has 3 rings (SSSR count). The molecular formula is C18H19N5. The van der Waals surface area contributed by atoms with Crippen LogP contribution in [0.2, 0.25) is 0 Å². The lowest BCUT2D eigenvalue weighted by Gasteiger charge is -2.13. The maximum atomic E-state index is 6.18. The lowest BCUT2D eigenvalue weighted by molar-refractivity contribution is 0.696. The third kappa shape index (κ3) is 4.34. The first-order valence-corrected chi connectivity index (χ1v) is 7.58. The van der Waals surface area contributed by atoms with E-state index in [1.807, 2.05) is 36.4 Å². The van der Waals surface area contributed by atoms with E-state index in [1.54, 1.807) is 18.6 Å². The molecule has 5 nitrogen and oxygen atoms in total. The van der Waals surface area contributed by atoms with Crippen LogP contribution in [0.5, 0.6) is 0 Å². The van der Waals surface area contributed by atoms with Crippen molar-refractivity contribution >= 4 is 5.95 Å². The third-order valence-corrected chi connectivity index (χ3v) is 3.49. The number of hydrogen-bond donors (Lipinski definition) is 2. The van der Waals surface area contributed by atoms with Gasteiger partial charge in [0.15, 0.2) is 0 Å². The molecule has 0 saturated heterocycles. The Morgan fingerprint density at radius 1 is 0.957 bits per heavy atom. The predicted octanol–water partition coefficient (Wildman–Crippen LogP) is 2.52. The quantitative estimate of drug-likeness (QED) is 0.732. The second kappa shape index (κ2) is 7.47. The summed E-state index contributed by atoms with van der Waals surface area (Å²) in [7, 11) is 0. The van der Waals surface area contributed by atoms with Gasteiger partial charge in [0.05, 0.1) is 5.69 Å². The molecular weight excluding hydrogens is 286 g/mol. The Bertz CT molecular complexity index is 731. The zero-order valence-corrected chi connectivity index (χ0v) is 12.8. The second-order valence-electron chi connectivity index (χ2n) is 5.33. The van der Waals surface area contributed by atoms with E-state index in [4.69, 9.17) is 5.73 Å². The number of pyridine rings is 1. The van der Waals surface area contributed by atoms with E-state index in [0.29, 0.717) is 12.5 Å². The molecule has 116 valence electrons. The highest BCUT2D eigenvalue weighted by Gasteiger charge is 2.06. The van der Waals surface area contributed by atoms with Crippen LogP contribution in [0, 0.1) is 0 Å². The van der Waals surface area contributed by atoms with Gasteiger partial charge in [0.25, 0.3) is 0 Å². The van der Waals surface area contributed by atoms with Crippen molar-refractivity contribution < 1.29 is 0 Å². The maximum Gasteiger partial charge on any atom is 0.223 e. The first-order valence-electron chi connectivity index (χ1n) is 7.58. The van der Waals surface area contributed by atoms with Gasteiger partial charge in [-0.3, -0.25) is 4.98 Å². The van der Waals surface area contributed by atoms with Crippen LogP contribution >= 0.6 is 0 Å². The number of hydrogen-bond acceptors (Lipinski definition) is 5. The number of nitrogens with one attached hydrogen (secondary N) is 1. The lowest BCUT2D eigenvalue weighted by Crippen LogP contribution is -2.31. The zero-order valence-electron chi connectivity index (χ0n) is 12.8. The Hall–Kier alpha value is -2.79. The van der Waals surface area contributed by atoms with E-state index in [2.05, 4.69) is 32.4 Å². The van der Waals surface area contributed by atoms with Crippen molar-refractivity contribution in [2.45, 2.75) is 12.5 Å². The van der Waals surface area contributed by atoms with Crippen LogP contribution in [0.15, 0.2) is 67.1 Å². The molecule has 0 aliphatic rings. The van der Waals surface area contributed by atoms with Gasteiger partial charge in [-0.2, -0.15) is 0 Å². The van der Waals surface area contributed by atoms with Crippen molar-refractivity contribution in [2.24, 2.45) is 5.73 Å². The second-order valence-corrected chi connectivity index (χ2v) is 5.33. The summed E-state index contributed by atoms with van der Waals surface area (Å²) in [5, 5.41) is 3.21. The van der Waals surface area contributed by atoms with Gasteiger partial charge >= 0.3 is 0 Å². The third-order valence-electron chi connectivity index (χ3n) is 3.49. The fourth-order valence-corrected chi connectivity index (χ4v) is 2.34. The zero-order chi connectivity index (χ0) is 15.9. The van der Waals surface area contributed by atoms with Crippen LogP contribution in [0.4, 0.5) is 5.95 Å². The number of benzene rings is 1. The van der Waals surface area contributed by atoms with Crippen molar-refractivity contribution in [2.75, 3.05) is 11.9 Å². The van der Waals surface area contributed by atoms with Crippen LogP contribution in [0.3, 0.4) is 0 Å². The Labute approximate surface area is 135 Å². The van der Waals surface area contributed by atoms with Gasteiger partial charge in [0.2, 0.25) is 5.95 Å². The minimum Gasteiger partial charge on any atom is -0.353 e. The minimum absolute atomic E-state index is 0.00517. The summed E-state index contributed by atoms with van der Waals surface area (Å²) >= 11 is 0. The number of nitrogens with two attached hydrogens (primary N) is 1. The molecule has 0 saturated carbocycles. The van der Waals surface area contributed by atoms with Gasteiger partial charge in [-0.1, -0.05) is 30.3 Å². The minimum atomic E-state index is 0.00517. The summed E-state index contributed by atoms with van der Waals surface area (Å²) in [6, 6.07) is 16.0. The molecule has 0 fully saturated rings. The van der Waals surface area contributed by atoms with E-state index >= 15 is 0 Å². The van der Waals surface area contributed by atoms with Crippen molar-refractivity contribution in [3.63, 3.8) is 0 Å². The molecule has 0 radical (unpaired) electrons. The molecule has 23 heavy (non-hydrogen) atoms. The van der Waals surface area contributed by atoms with Crippen LogP contribution < -0.4 is 11.1 Å². The van der Waals surface area contributed by atoms with Crippen LogP contribution in [0.25, 0.3) is 11.3 Å². The Balaban J connectivity index is 1.60. The first kappa shape index (κ1) is 15.1. The number of nitrogens with zero attached hydrogens (tertiary/aromatic N) is 3. The summed E-state index contributed by atoms with van der Waals surface area (Å²) < 4.78 is 0. The molecule has 3 N–H and O–H groups in total. The standard InChI is InChI=1S/C18H19N5/c19-16(12-14-4-2-1-3-5-14)13-22-18-21-11-8-17(23-18)15-6-9-20-10-7-15/h1-11,16H,12-13,19H2,(H,21,22,23)/t16-/m1/s1. The highest BCUT2D eigenvalue weighted by molar-refractivity contribution is 5.58. The largest absolute Gasteiger partial charge is 0.353 e. The van der Waals surface area contributed by atoms with E-state index in [9.17, 15) is 0 Å². The van der Waals surface area contributed by atoms with E-state index in [0.717, 1.165) is 17.7 Å². The fraction of sp³-hybridized carbons (Fsp3) is 0.167. The molecule has 1 atom stereocenters. The fourth-order valence-electron chi connectivity index (χ4n) is 2.34. The van der Waals surface area contributed by atoms with Crippen LogP contribution in [-0.2, 0) is 6.42 Å².